The maximum absolute atomic E-state index is 11.0. The minimum Gasteiger partial charge on any atom is -0.457 e. The standard InChI is InChI=1S/C10H9N3O3/c14-10-9(13-15)8(6-16-10)12-11-7-4-2-1-3-5-7/h1-5,9,11H,6H2. The number of rotatable bonds is 3. The summed E-state index contributed by atoms with van der Waals surface area (Å²) in [5.74, 6) is -0.649. The summed E-state index contributed by atoms with van der Waals surface area (Å²) in [6.07, 6.45) is 0. The number of cyclic esters (lactones) is 1. The van der Waals surface area contributed by atoms with Crippen molar-refractivity contribution < 1.29 is 9.53 Å². The molecule has 6 nitrogen and oxygen atoms in total. The summed E-state index contributed by atoms with van der Waals surface area (Å²) in [5, 5.41) is 6.59. The molecule has 1 fully saturated rings. The fourth-order valence-corrected chi connectivity index (χ4v) is 1.29. The highest BCUT2D eigenvalue weighted by atomic mass is 16.5. The van der Waals surface area contributed by atoms with Crippen LogP contribution in [0.15, 0.2) is 40.6 Å². The number of hydrogen-bond acceptors (Lipinski definition) is 6. The average Bonchev–Trinajstić information content (AvgIpc) is 2.68. The molecule has 0 aromatic heterocycles. The zero-order chi connectivity index (χ0) is 11.4. The molecule has 2 rings (SSSR count). The number of anilines is 1. The van der Waals surface area contributed by atoms with E-state index in [1.54, 1.807) is 0 Å². The number of para-hydroxylation sites is 1. The van der Waals surface area contributed by atoms with E-state index in [1.807, 2.05) is 30.3 Å². The van der Waals surface area contributed by atoms with E-state index in [2.05, 4.69) is 20.4 Å². The molecule has 82 valence electrons. The summed E-state index contributed by atoms with van der Waals surface area (Å²) < 4.78 is 4.65. The highest BCUT2D eigenvalue weighted by Crippen LogP contribution is 2.10. The van der Waals surface area contributed by atoms with Gasteiger partial charge < -0.3 is 4.74 Å². The van der Waals surface area contributed by atoms with Crippen LogP contribution in [0.1, 0.15) is 0 Å². The van der Waals surface area contributed by atoms with Gasteiger partial charge in [-0.25, -0.2) is 4.79 Å². The quantitative estimate of drug-likeness (QED) is 0.469. The van der Waals surface area contributed by atoms with Crippen molar-refractivity contribution >= 4 is 17.4 Å². The van der Waals surface area contributed by atoms with Crippen LogP contribution < -0.4 is 5.43 Å². The largest absolute Gasteiger partial charge is 0.457 e. The molecule has 16 heavy (non-hydrogen) atoms. The van der Waals surface area contributed by atoms with E-state index in [0.29, 0.717) is 5.71 Å². The summed E-state index contributed by atoms with van der Waals surface area (Å²) in [6, 6.07) is 8.06. The van der Waals surface area contributed by atoms with Gasteiger partial charge in [0.25, 0.3) is 0 Å². The van der Waals surface area contributed by atoms with Crippen molar-refractivity contribution in [1.29, 1.82) is 0 Å². The van der Waals surface area contributed by atoms with Gasteiger partial charge in [0, 0.05) is 0 Å². The Labute approximate surface area is 91.3 Å². The highest BCUT2D eigenvalue weighted by Gasteiger charge is 2.34. The van der Waals surface area contributed by atoms with Crippen LogP contribution in [0.2, 0.25) is 0 Å². The van der Waals surface area contributed by atoms with Gasteiger partial charge in [-0.15, -0.1) is 4.91 Å². The van der Waals surface area contributed by atoms with Crippen LogP contribution >= 0.6 is 0 Å². The molecular formula is C10H9N3O3. The molecule has 1 heterocycles. The third kappa shape index (κ3) is 2.05. The van der Waals surface area contributed by atoms with Crippen molar-refractivity contribution in [2.45, 2.75) is 6.04 Å². The van der Waals surface area contributed by atoms with Crippen LogP contribution in [0.5, 0.6) is 0 Å². The van der Waals surface area contributed by atoms with Crippen molar-refractivity contribution in [2.75, 3.05) is 12.0 Å². The third-order valence-electron chi connectivity index (χ3n) is 2.11. The van der Waals surface area contributed by atoms with E-state index >= 15 is 0 Å². The van der Waals surface area contributed by atoms with E-state index in [0.717, 1.165) is 5.69 Å². The van der Waals surface area contributed by atoms with Crippen LogP contribution in [0.3, 0.4) is 0 Å². The first-order chi connectivity index (χ1) is 7.81. The molecule has 0 spiro atoms. The Kier molecular flexibility index (Phi) is 2.90. The van der Waals surface area contributed by atoms with Gasteiger partial charge in [-0.1, -0.05) is 18.2 Å². The second kappa shape index (κ2) is 4.52. The molecule has 1 aliphatic rings. The molecule has 0 saturated carbocycles. The van der Waals surface area contributed by atoms with Crippen molar-refractivity contribution in [2.24, 2.45) is 10.3 Å². The highest BCUT2D eigenvalue weighted by molar-refractivity contribution is 6.11. The number of ether oxygens (including phenoxy) is 1. The fourth-order valence-electron chi connectivity index (χ4n) is 1.29. The fraction of sp³-hybridized carbons (Fsp3) is 0.200. The lowest BCUT2D eigenvalue weighted by molar-refractivity contribution is -0.138. The second-order valence-electron chi connectivity index (χ2n) is 3.20. The van der Waals surface area contributed by atoms with Crippen molar-refractivity contribution in [3.05, 3.63) is 35.2 Å². The second-order valence-corrected chi connectivity index (χ2v) is 3.20. The van der Waals surface area contributed by atoms with Crippen LogP contribution in [0.25, 0.3) is 0 Å². The number of nitrogens with zero attached hydrogens (tertiary/aromatic N) is 2. The van der Waals surface area contributed by atoms with Crippen LogP contribution in [-0.2, 0) is 9.53 Å². The van der Waals surface area contributed by atoms with Crippen molar-refractivity contribution in [3.8, 4) is 0 Å². The van der Waals surface area contributed by atoms with Crippen molar-refractivity contribution in [1.82, 2.24) is 0 Å². The van der Waals surface area contributed by atoms with Crippen LogP contribution in [0.4, 0.5) is 5.69 Å². The predicted octanol–water partition coefficient (Wildman–Crippen LogP) is 1.15. The van der Waals surface area contributed by atoms with Gasteiger partial charge in [-0.2, -0.15) is 5.10 Å². The number of carbonyl (C=O) groups is 1. The molecular weight excluding hydrogens is 210 g/mol. The summed E-state index contributed by atoms with van der Waals surface area (Å²) in [5.41, 5.74) is 3.79. The molecule has 0 bridgehead atoms. The molecule has 1 unspecified atom stereocenters. The molecule has 1 aromatic carbocycles. The SMILES string of the molecule is O=NC1C(=O)OCC1=NNc1ccccc1. The number of benzene rings is 1. The first-order valence-corrected chi connectivity index (χ1v) is 4.68. The zero-order valence-electron chi connectivity index (χ0n) is 8.29. The Morgan fingerprint density at radius 1 is 1.31 bits per heavy atom. The monoisotopic (exact) mass is 219 g/mol. The maximum Gasteiger partial charge on any atom is 0.341 e. The molecule has 1 aromatic rings. The van der Waals surface area contributed by atoms with Gasteiger partial charge >= 0.3 is 5.97 Å². The van der Waals surface area contributed by atoms with Crippen LogP contribution in [-0.4, -0.2) is 24.3 Å². The lowest BCUT2D eigenvalue weighted by Crippen LogP contribution is -2.20. The summed E-state index contributed by atoms with van der Waals surface area (Å²) in [4.78, 5) is 21.4. The molecule has 0 amide bonds. The molecule has 1 aliphatic heterocycles. The average molecular weight is 219 g/mol. The smallest absolute Gasteiger partial charge is 0.341 e. The Morgan fingerprint density at radius 3 is 2.75 bits per heavy atom. The maximum atomic E-state index is 11.0. The van der Waals surface area contributed by atoms with E-state index in [9.17, 15) is 9.70 Å². The number of nitrogens with one attached hydrogen (secondary N) is 1. The first kappa shape index (κ1) is 10.3. The normalized spacial score (nSPS) is 21.9. The molecule has 0 radical (unpaired) electrons. The molecule has 1 saturated heterocycles. The van der Waals surface area contributed by atoms with Gasteiger partial charge in [0.15, 0.2) is 0 Å². The van der Waals surface area contributed by atoms with Gasteiger partial charge in [-0.05, 0) is 17.3 Å². The zero-order valence-corrected chi connectivity index (χ0v) is 8.29. The lowest BCUT2D eigenvalue weighted by atomic mass is 10.2. The molecule has 1 N–H and O–H groups in total. The third-order valence-corrected chi connectivity index (χ3v) is 2.11. The minimum atomic E-state index is -1.11. The van der Waals surface area contributed by atoms with E-state index in [4.69, 9.17) is 0 Å². The van der Waals surface area contributed by atoms with E-state index in [-0.39, 0.29) is 6.61 Å². The number of nitroso groups, excluding NO2 is 1. The number of hydrazone groups is 1. The van der Waals surface area contributed by atoms with E-state index in [1.165, 1.54) is 0 Å². The topological polar surface area (TPSA) is 80.1 Å². The summed E-state index contributed by atoms with van der Waals surface area (Å²) >= 11 is 0. The minimum absolute atomic E-state index is 0.00900. The Morgan fingerprint density at radius 2 is 2.06 bits per heavy atom. The first-order valence-electron chi connectivity index (χ1n) is 4.68. The number of carbonyl (C=O) groups excluding carboxylic acids is 1. The molecule has 6 heteroatoms. The summed E-state index contributed by atoms with van der Waals surface area (Å²) in [6.45, 7) is 0.00900. The summed E-state index contributed by atoms with van der Waals surface area (Å²) in [7, 11) is 0. The van der Waals surface area contributed by atoms with Gasteiger partial charge in [0.1, 0.15) is 12.3 Å². The Bertz CT molecular complexity index is 430. The van der Waals surface area contributed by atoms with E-state index < -0.39 is 12.0 Å². The number of esters is 1. The molecule has 0 aliphatic carbocycles. The van der Waals surface area contributed by atoms with Gasteiger partial charge in [0.2, 0.25) is 6.04 Å². The Balaban J connectivity index is 2.08. The van der Waals surface area contributed by atoms with Gasteiger partial charge in [-0.3, -0.25) is 5.43 Å². The molecule has 1 atom stereocenters. The van der Waals surface area contributed by atoms with Gasteiger partial charge in [0.05, 0.1) is 5.69 Å². The Hall–Kier alpha value is -2.24. The number of hydrogen-bond donors (Lipinski definition) is 1. The predicted molar refractivity (Wildman–Crippen MR) is 58.0 cm³/mol. The van der Waals surface area contributed by atoms with Crippen LogP contribution in [0, 0.1) is 4.91 Å². The lowest BCUT2D eigenvalue weighted by Gasteiger charge is -2.00. The van der Waals surface area contributed by atoms with Crippen molar-refractivity contribution in [3.63, 3.8) is 0 Å².